The molecule has 1 aromatic rings. The standard InChI is InChI=1S/C30H37Cl2F3N4O4S/c1-3-44(42,43)26-8-4-6-21(31)10-9-19(26)16-37-30(41)20-14-23(28(33)29(34)35)24(25(32)15-20)18-39-13-5-7-22(17-39)38-27(40)11-12-36-2/h4,6,14-15,21-22,28-29H,3,5,7-11,13,16-18H2,1-2H3,(H-,37,38,40,41)/p+1/t21?,22-,28?/m0/s1. The smallest absolute Gasteiger partial charge is 0.282 e. The molecule has 0 bridgehead atoms. The molecular formula is C30H38Cl2F3N4O4S+. The predicted molar refractivity (Wildman–Crippen MR) is 167 cm³/mol. The third kappa shape index (κ3) is 9.96. The van der Waals surface area contributed by atoms with Gasteiger partial charge in [0.2, 0.25) is 5.91 Å². The Morgan fingerprint density at radius 2 is 1.98 bits per heavy atom. The Bertz CT molecular complexity index is 1440. The van der Waals surface area contributed by atoms with Crippen molar-refractivity contribution in [2.75, 3.05) is 32.4 Å². The number of allylic oxidation sites excluding steroid dienone is 3. The maximum Gasteiger partial charge on any atom is 0.282 e. The van der Waals surface area contributed by atoms with Gasteiger partial charge in [0.25, 0.3) is 25.4 Å². The van der Waals surface area contributed by atoms with Crippen LogP contribution in [0, 0.1) is 6.07 Å². The van der Waals surface area contributed by atoms with Gasteiger partial charge in [0, 0.05) is 47.6 Å². The number of hydrogen-bond acceptors (Lipinski definition) is 5. The van der Waals surface area contributed by atoms with Crippen LogP contribution < -0.4 is 10.6 Å². The lowest BCUT2D eigenvalue weighted by atomic mass is 9.97. The van der Waals surface area contributed by atoms with Gasteiger partial charge in [-0.25, -0.2) is 21.6 Å². The molecule has 1 saturated heterocycles. The van der Waals surface area contributed by atoms with Crippen molar-refractivity contribution in [1.29, 1.82) is 0 Å². The van der Waals surface area contributed by atoms with Gasteiger partial charge in [-0.3, -0.25) is 14.5 Å². The van der Waals surface area contributed by atoms with Crippen molar-refractivity contribution < 1.29 is 31.2 Å². The zero-order valence-electron chi connectivity index (χ0n) is 24.7. The van der Waals surface area contributed by atoms with Crippen molar-refractivity contribution in [3.8, 4) is 6.07 Å². The van der Waals surface area contributed by atoms with E-state index in [0.29, 0.717) is 44.3 Å². The highest BCUT2D eigenvalue weighted by Gasteiger charge is 2.30. The van der Waals surface area contributed by atoms with Crippen LogP contribution in [0.5, 0.6) is 0 Å². The van der Waals surface area contributed by atoms with E-state index in [1.165, 1.54) is 20.0 Å². The normalized spacial score (nSPS) is 20.4. The van der Waals surface area contributed by atoms with Gasteiger partial charge in [-0.15, -0.1) is 11.6 Å². The van der Waals surface area contributed by atoms with Gasteiger partial charge >= 0.3 is 0 Å². The van der Waals surface area contributed by atoms with Crippen molar-refractivity contribution in [3.63, 3.8) is 0 Å². The first-order valence-electron chi connectivity index (χ1n) is 14.5. The second-order valence-electron chi connectivity index (χ2n) is 10.8. The summed E-state index contributed by atoms with van der Waals surface area (Å²) < 4.78 is 67.8. The number of piperidine rings is 1. The zero-order chi connectivity index (χ0) is 32.4. The summed E-state index contributed by atoms with van der Waals surface area (Å²) in [5, 5.41) is 5.21. The molecule has 2 aliphatic rings. The summed E-state index contributed by atoms with van der Waals surface area (Å²) in [6.45, 7) is 2.44. The summed E-state index contributed by atoms with van der Waals surface area (Å²) in [4.78, 5) is 31.1. The van der Waals surface area contributed by atoms with E-state index in [1.807, 2.05) is 4.90 Å². The lowest BCUT2D eigenvalue weighted by Crippen LogP contribution is -2.47. The molecule has 1 aliphatic carbocycles. The number of carbonyl (C=O) groups excluding carboxylic acids is 2. The summed E-state index contributed by atoms with van der Waals surface area (Å²) in [7, 11) is -2.05. The Morgan fingerprint density at radius 3 is 2.66 bits per heavy atom. The van der Waals surface area contributed by atoms with E-state index >= 15 is 0 Å². The highest BCUT2D eigenvalue weighted by atomic mass is 35.5. The minimum atomic E-state index is -3.56. The number of likely N-dealkylation sites (tertiary alicyclic amines) is 1. The molecular weight excluding hydrogens is 640 g/mol. The number of carbonyl (C=O) groups is 2. The van der Waals surface area contributed by atoms with Crippen LogP contribution in [-0.4, -0.2) is 75.4 Å². The van der Waals surface area contributed by atoms with Crippen LogP contribution in [0.2, 0.25) is 5.02 Å². The van der Waals surface area contributed by atoms with Crippen molar-refractivity contribution in [2.24, 2.45) is 0 Å². The average molecular weight is 679 g/mol. The molecule has 2 amide bonds. The van der Waals surface area contributed by atoms with Gasteiger partial charge in [-0.2, -0.15) is 0 Å². The first-order valence-corrected chi connectivity index (χ1v) is 16.9. The van der Waals surface area contributed by atoms with Crippen molar-refractivity contribution in [1.82, 2.24) is 15.5 Å². The highest BCUT2D eigenvalue weighted by Crippen LogP contribution is 2.34. The third-order valence-electron chi connectivity index (χ3n) is 7.64. The lowest BCUT2D eigenvalue weighted by molar-refractivity contribution is -0.121. The topological polar surface area (TPSA) is 99.9 Å². The minimum Gasteiger partial charge on any atom is -0.351 e. The molecule has 1 aromatic carbocycles. The maximum atomic E-state index is 15.0. The summed E-state index contributed by atoms with van der Waals surface area (Å²) >= 11 is 12.8. The number of benzene rings is 1. The fourth-order valence-corrected chi connectivity index (χ4v) is 7.13. The number of nitrogens with zero attached hydrogens (tertiary/aromatic N) is 2. The third-order valence-corrected chi connectivity index (χ3v) is 10.3. The second kappa shape index (κ2) is 16.6. The Hall–Kier alpha value is -2.59. The van der Waals surface area contributed by atoms with Gasteiger partial charge in [0.05, 0.1) is 11.1 Å². The van der Waals surface area contributed by atoms with Crippen LogP contribution in [-0.2, 0) is 21.2 Å². The number of amides is 2. The van der Waals surface area contributed by atoms with E-state index in [9.17, 15) is 31.2 Å². The summed E-state index contributed by atoms with van der Waals surface area (Å²) in [6.07, 6.45) is -0.244. The first-order chi connectivity index (χ1) is 20.9. The maximum absolute atomic E-state index is 15.0. The summed E-state index contributed by atoms with van der Waals surface area (Å²) in [6, 6.07) is 4.75. The molecule has 0 aromatic heterocycles. The fraction of sp³-hybridized carbons (Fsp3) is 0.567. The Morgan fingerprint density at radius 1 is 1.23 bits per heavy atom. The minimum absolute atomic E-state index is 0.0156. The molecule has 3 rings (SSSR count). The zero-order valence-corrected chi connectivity index (χ0v) is 27.1. The molecule has 44 heavy (non-hydrogen) atoms. The molecule has 2 unspecified atom stereocenters. The monoisotopic (exact) mass is 677 g/mol. The quantitative estimate of drug-likeness (QED) is 0.227. The van der Waals surface area contributed by atoms with E-state index in [2.05, 4.69) is 21.5 Å². The molecule has 0 saturated carbocycles. The van der Waals surface area contributed by atoms with Crippen LogP contribution in [0.15, 0.2) is 34.8 Å². The van der Waals surface area contributed by atoms with Crippen molar-refractivity contribution >= 4 is 44.9 Å². The Balaban J connectivity index is 1.83. The Kier molecular flexibility index (Phi) is 13.6. The fourth-order valence-electron chi connectivity index (χ4n) is 5.32. The molecule has 1 heterocycles. The van der Waals surface area contributed by atoms with Gasteiger partial charge in [0.15, 0.2) is 22.4 Å². The van der Waals surface area contributed by atoms with Crippen molar-refractivity contribution in [3.05, 3.63) is 61.3 Å². The Labute approximate surface area is 266 Å². The average Bonchev–Trinajstić information content (AvgIpc) is 2.98. The number of alkyl halides is 4. The molecule has 1 aliphatic heterocycles. The van der Waals surface area contributed by atoms with E-state index < -0.39 is 33.9 Å². The molecule has 2 N–H and O–H groups in total. The summed E-state index contributed by atoms with van der Waals surface area (Å²) in [5.41, 5.74) is 0.109. The van der Waals surface area contributed by atoms with E-state index in [4.69, 9.17) is 23.2 Å². The van der Waals surface area contributed by atoms with Gasteiger partial charge in [0.1, 0.15) is 0 Å². The summed E-state index contributed by atoms with van der Waals surface area (Å²) in [5.74, 6) is -1.07. The van der Waals surface area contributed by atoms with Crippen molar-refractivity contribution in [2.45, 2.75) is 76.0 Å². The number of halogens is 5. The van der Waals surface area contributed by atoms with E-state index in [0.717, 1.165) is 6.07 Å². The van der Waals surface area contributed by atoms with Crippen LogP contribution in [0.3, 0.4) is 0 Å². The molecule has 3 atom stereocenters. The molecule has 14 heteroatoms. The van der Waals surface area contributed by atoms with Gasteiger partial charge in [-0.1, -0.05) is 35.5 Å². The van der Waals surface area contributed by atoms with E-state index in [1.54, 1.807) is 12.2 Å². The second-order valence-corrected chi connectivity index (χ2v) is 14.0. The van der Waals surface area contributed by atoms with Crippen LogP contribution in [0.1, 0.15) is 73.1 Å². The highest BCUT2D eigenvalue weighted by molar-refractivity contribution is 7.95. The molecule has 0 spiro atoms. The number of hydrogen-bond donors (Lipinski definition) is 2. The van der Waals surface area contributed by atoms with Gasteiger partial charge in [-0.05, 0) is 61.1 Å². The number of rotatable bonds is 11. The van der Waals surface area contributed by atoms with Crippen LogP contribution in [0.25, 0.3) is 4.85 Å². The SMILES string of the molecule is CCS(=O)(=O)C1=C(CNC(=O)c2cc(Cl)c(CN3CCC[C@H](NC(=O)CC#[N+]C)C3)c(C(F)C(F)F)c2)CCC(Cl)C=CC1. The number of nitrogens with one attached hydrogen (secondary N) is 2. The molecule has 242 valence electrons. The van der Waals surface area contributed by atoms with Gasteiger partial charge < -0.3 is 10.6 Å². The molecule has 8 nitrogen and oxygen atoms in total. The predicted octanol–water partition coefficient (Wildman–Crippen LogP) is 5.82. The molecule has 0 radical (unpaired) electrons. The van der Waals surface area contributed by atoms with Crippen LogP contribution in [0.4, 0.5) is 13.2 Å². The van der Waals surface area contributed by atoms with Crippen LogP contribution >= 0.6 is 23.2 Å². The molecule has 1 fully saturated rings. The number of sulfone groups is 1. The first kappa shape index (κ1) is 35.9. The van der Waals surface area contributed by atoms with E-state index in [-0.39, 0.29) is 70.1 Å². The lowest BCUT2D eigenvalue weighted by Gasteiger charge is -2.34. The largest absolute Gasteiger partial charge is 0.351 e.